The first-order valence-corrected chi connectivity index (χ1v) is 5.04. The molecule has 13 heavy (non-hydrogen) atoms. The second-order valence-corrected chi connectivity index (χ2v) is 4.10. The maximum atomic E-state index is 5.98. The van der Waals surface area contributed by atoms with Crippen LogP contribution in [0.15, 0.2) is 18.2 Å². The summed E-state index contributed by atoms with van der Waals surface area (Å²) >= 11 is 11.8. The highest BCUT2D eigenvalue weighted by molar-refractivity contribution is 6.33. The molecule has 0 aromatic heterocycles. The minimum absolute atomic E-state index is 0.204. The van der Waals surface area contributed by atoms with Gasteiger partial charge in [-0.2, -0.15) is 0 Å². The van der Waals surface area contributed by atoms with Crippen molar-refractivity contribution >= 4 is 23.2 Å². The van der Waals surface area contributed by atoms with E-state index in [0.29, 0.717) is 0 Å². The van der Waals surface area contributed by atoms with Gasteiger partial charge in [-0.05, 0) is 43.5 Å². The summed E-state index contributed by atoms with van der Waals surface area (Å²) in [6.07, 6.45) is 1.82. The van der Waals surface area contributed by atoms with Gasteiger partial charge in [0.15, 0.2) is 0 Å². The van der Waals surface area contributed by atoms with Gasteiger partial charge in [0.05, 0.1) is 0 Å². The van der Waals surface area contributed by atoms with Crippen LogP contribution in [0.3, 0.4) is 0 Å². The Morgan fingerprint density at radius 2 is 2.08 bits per heavy atom. The second kappa shape index (κ2) is 4.85. The zero-order chi connectivity index (χ0) is 9.84. The van der Waals surface area contributed by atoms with Crippen molar-refractivity contribution in [2.75, 3.05) is 0 Å². The predicted molar refractivity (Wildman–Crippen MR) is 58.4 cm³/mol. The van der Waals surface area contributed by atoms with Gasteiger partial charge >= 0.3 is 0 Å². The molecule has 1 aromatic carbocycles. The Morgan fingerprint density at radius 3 is 2.69 bits per heavy atom. The van der Waals surface area contributed by atoms with Crippen molar-refractivity contribution in [3.05, 3.63) is 33.8 Å². The van der Waals surface area contributed by atoms with Gasteiger partial charge in [0.25, 0.3) is 0 Å². The molecule has 0 spiro atoms. The molecular weight excluding hydrogens is 205 g/mol. The summed E-state index contributed by atoms with van der Waals surface area (Å²) in [6, 6.07) is 5.71. The fourth-order valence-corrected chi connectivity index (χ4v) is 1.52. The summed E-state index contributed by atoms with van der Waals surface area (Å²) < 4.78 is 0. The molecule has 0 bridgehead atoms. The Bertz CT molecular complexity index is 284. The van der Waals surface area contributed by atoms with E-state index in [1.807, 2.05) is 19.1 Å². The van der Waals surface area contributed by atoms with Gasteiger partial charge in [-0.3, -0.25) is 0 Å². The molecule has 1 aromatic rings. The molecule has 72 valence electrons. The fraction of sp³-hybridized carbons (Fsp3) is 0.400. The first-order valence-electron chi connectivity index (χ1n) is 4.29. The maximum Gasteiger partial charge on any atom is 0.0439 e. The van der Waals surface area contributed by atoms with Crippen molar-refractivity contribution in [2.24, 2.45) is 5.73 Å². The van der Waals surface area contributed by atoms with Crippen molar-refractivity contribution in [1.29, 1.82) is 0 Å². The van der Waals surface area contributed by atoms with E-state index in [2.05, 4.69) is 0 Å². The molecule has 0 aliphatic rings. The number of hydrogen-bond acceptors (Lipinski definition) is 1. The van der Waals surface area contributed by atoms with E-state index >= 15 is 0 Å². The Hall–Kier alpha value is -0.240. The molecule has 0 radical (unpaired) electrons. The van der Waals surface area contributed by atoms with Crippen LogP contribution in [-0.2, 0) is 6.42 Å². The molecule has 0 saturated carbocycles. The normalized spacial score (nSPS) is 12.9. The van der Waals surface area contributed by atoms with E-state index < -0.39 is 0 Å². The number of aryl methyl sites for hydroxylation is 1. The molecule has 3 heteroatoms. The zero-order valence-corrected chi connectivity index (χ0v) is 9.07. The quantitative estimate of drug-likeness (QED) is 0.827. The summed E-state index contributed by atoms with van der Waals surface area (Å²) in [5.74, 6) is 0. The maximum absolute atomic E-state index is 5.98. The number of hydrogen-bond donors (Lipinski definition) is 1. The molecule has 0 saturated heterocycles. The number of rotatable bonds is 3. The lowest BCUT2D eigenvalue weighted by Gasteiger charge is -2.06. The average Bonchev–Trinajstić information content (AvgIpc) is 2.06. The molecule has 1 rings (SSSR count). The van der Waals surface area contributed by atoms with Crippen LogP contribution in [0.25, 0.3) is 0 Å². The minimum Gasteiger partial charge on any atom is -0.328 e. The highest BCUT2D eigenvalue weighted by Gasteiger charge is 2.02. The standard InChI is InChI=1S/C10H13Cl2N/c1-7(13)2-3-8-6-9(11)4-5-10(8)12/h4-7H,2-3,13H2,1H3. The molecule has 0 heterocycles. The summed E-state index contributed by atoms with van der Waals surface area (Å²) in [6.45, 7) is 1.98. The first kappa shape index (κ1) is 10.8. The highest BCUT2D eigenvalue weighted by Crippen LogP contribution is 2.21. The SMILES string of the molecule is CC(N)CCc1cc(Cl)ccc1Cl. The summed E-state index contributed by atoms with van der Waals surface area (Å²) in [7, 11) is 0. The van der Waals surface area contributed by atoms with Crippen molar-refractivity contribution < 1.29 is 0 Å². The molecule has 1 atom stereocenters. The Morgan fingerprint density at radius 1 is 1.38 bits per heavy atom. The van der Waals surface area contributed by atoms with Gasteiger partial charge in [-0.1, -0.05) is 23.2 Å². The first-order chi connectivity index (χ1) is 6.09. The van der Waals surface area contributed by atoms with E-state index in [4.69, 9.17) is 28.9 Å². The Labute approximate surface area is 88.8 Å². The number of halogens is 2. The van der Waals surface area contributed by atoms with Crippen molar-refractivity contribution in [1.82, 2.24) is 0 Å². The smallest absolute Gasteiger partial charge is 0.0439 e. The lowest BCUT2D eigenvalue weighted by molar-refractivity contribution is 0.666. The van der Waals surface area contributed by atoms with Gasteiger partial charge < -0.3 is 5.73 Å². The summed E-state index contributed by atoms with van der Waals surface area (Å²) in [4.78, 5) is 0. The van der Waals surface area contributed by atoms with Crippen LogP contribution in [0.1, 0.15) is 18.9 Å². The van der Waals surface area contributed by atoms with Gasteiger partial charge in [0.2, 0.25) is 0 Å². The third-order valence-corrected chi connectivity index (χ3v) is 2.48. The third-order valence-electron chi connectivity index (χ3n) is 1.88. The molecule has 0 aliphatic heterocycles. The van der Waals surface area contributed by atoms with E-state index in [-0.39, 0.29) is 6.04 Å². The minimum atomic E-state index is 0.204. The van der Waals surface area contributed by atoms with Crippen molar-refractivity contribution in [3.63, 3.8) is 0 Å². The highest BCUT2D eigenvalue weighted by atomic mass is 35.5. The van der Waals surface area contributed by atoms with E-state index in [1.165, 1.54) is 0 Å². The molecule has 1 unspecified atom stereocenters. The van der Waals surface area contributed by atoms with E-state index in [1.54, 1.807) is 6.07 Å². The van der Waals surface area contributed by atoms with Gasteiger partial charge in [0, 0.05) is 16.1 Å². The van der Waals surface area contributed by atoms with Crippen molar-refractivity contribution in [3.8, 4) is 0 Å². The van der Waals surface area contributed by atoms with Crippen LogP contribution in [-0.4, -0.2) is 6.04 Å². The third kappa shape index (κ3) is 3.55. The fourth-order valence-electron chi connectivity index (χ4n) is 1.12. The lowest BCUT2D eigenvalue weighted by Crippen LogP contribution is -2.15. The van der Waals surface area contributed by atoms with Gasteiger partial charge in [-0.15, -0.1) is 0 Å². The largest absolute Gasteiger partial charge is 0.328 e. The Balaban J connectivity index is 2.70. The van der Waals surface area contributed by atoms with Gasteiger partial charge in [-0.25, -0.2) is 0 Å². The number of nitrogens with two attached hydrogens (primary N) is 1. The van der Waals surface area contributed by atoms with Crippen LogP contribution in [0.5, 0.6) is 0 Å². The molecule has 1 nitrogen and oxygen atoms in total. The lowest BCUT2D eigenvalue weighted by atomic mass is 10.1. The van der Waals surface area contributed by atoms with Gasteiger partial charge in [0.1, 0.15) is 0 Å². The van der Waals surface area contributed by atoms with E-state index in [0.717, 1.165) is 28.5 Å². The van der Waals surface area contributed by atoms with Crippen molar-refractivity contribution in [2.45, 2.75) is 25.8 Å². The average molecular weight is 218 g/mol. The molecule has 2 N–H and O–H groups in total. The monoisotopic (exact) mass is 217 g/mol. The van der Waals surface area contributed by atoms with Crippen LogP contribution >= 0.6 is 23.2 Å². The Kier molecular flexibility index (Phi) is 4.04. The molecular formula is C10H13Cl2N. The topological polar surface area (TPSA) is 26.0 Å². The van der Waals surface area contributed by atoms with Crippen LogP contribution in [0.4, 0.5) is 0 Å². The molecule has 0 amide bonds. The summed E-state index contributed by atoms with van der Waals surface area (Å²) in [5, 5.41) is 1.49. The number of benzene rings is 1. The second-order valence-electron chi connectivity index (χ2n) is 3.25. The molecule has 0 aliphatic carbocycles. The predicted octanol–water partition coefficient (Wildman–Crippen LogP) is 3.27. The van der Waals surface area contributed by atoms with Crippen LogP contribution < -0.4 is 5.73 Å². The summed E-state index contributed by atoms with van der Waals surface area (Å²) in [5.41, 5.74) is 6.73. The van der Waals surface area contributed by atoms with E-state index in [9.17, 15) is 0 Å². The van der Waals surface area contributed by atoms with Crippen LogP contribution in [0, 0.1) is 0 Å². The van der Waals surface area contributed by atoms with Crippen LogP contribution in [0.2, 0.25) is 10.0 Å². The molecule has 0 fully saturated rings. The zero-order valence-electron chi connectivity index (χ0n) is 7.56.